The fraction of sp³-hybridized carbons (Fsp3) is 0.200. The molecule has 0 saturated heterocycles. The van der Waals surface area contributed by atoms with Crippen LogP contribution in [0.5, 0.6) is 0 Å². The molecule has 6 heteroatoms. The normalized spacial score (nSPS) is 13.2. The largest absolute Gasteiger partial charge is 0.354 e. The number of rotatable bonds is 6. The zero-order chi connectivity index (χ0) is 17.8. The highest BCUT2D eigenvalue weighted by atomic mass is 16.1. The van der Waals surface area contributed by atoms with E-state index in [1.165, 1.54) is 12.8 Å². The molecule has 2 aromatic heterocycles. The van der Waals surface area contributed by atoms with E-state index in [9.17, 15) is 4.79 Å². The minimum atomic E-state index is -0.285. The summed E-state index contributed by atoms with van der Waals surface area (Å²) < 4.78 is 0. The van der Waals surface area contributed by atoms with Crippen LogP contribution < -0.4 is 10.6 Å². The van der Waals surface area contributed by atoms with E-state index in [2.05, 4.69) is 25.6 Å². The molecule has 1 amide bonds. The van der Waals surface area contributed by atoms with Gasteiger partial charge in [0.25, 0.3) is 5.91 Å². The van der Waals surface area contributed by atoms with Crippen molar-refractivity contribution in [2.24, 2.45) is 5.92 Å². The molecule has 0 unspecified atom stereocenters. The summed E-state index contributed by atoms with van der Waals surface area (Å²) in [6, 6.07) is 13.4. The molecule has 0 bridgehead atoms. The molecule has 0 radical (unpaired) electrons. The third-order valence-corrected chi connectivity index (χ3v) is 4.29. The standard InChI is InChI=1S/C20H19N5O/c26-19(17-9-11-22-20(25-17)23-12-14-6-7-14)24-18-13-21-10-8-16(18)15-4-2-1-3-5-15/h1-5,8-11,13-14H,6-7,12H2,(H,24,26)(H,22,23,25). The van der Waals surface area contributed by atoms with E-state index in [0.29, 0.717) is 23.2 Å². The average Bonchev–Trinajstić information content (AvgIpc) is 3.52. The molecule has 4 rings (SSSR count). The second-order valence-corrected chi connectivity index (χ2v) is 6.33. The van der Waals surface area contributed by atoms with Gasteiger partial charge in [0, 0.05) is 24.5 Å². The van der Waals surface area contributed by atoms with Crippen LogP contribution in [0.4, 0.5) is 11.6 Å². The van der Waals surface area contributed by atoms with Crippen molar-refractivity contribution in [3.05, 3.63) is 66.7 Å². The second-order valence-electron chi connectivity index (χ2n) is 6.33. The smallest absolute Gasteiger partial charge is 0.274 e. The Hall–Kier alpha value is -3.28. The van der Waals surface area contributed by atoms with Gasteiger partial charge < -0.3 is 10.6 Å². The number of anilines is 2. The molecule has 130 valence electrons. The second kappa shape index (κ2) is 7.31. The van der Waals surface area contributed by atoms with Crippen LogP contribution in [0, 0.1) is 5.92 Å². The molecule has 2 heterocycles. The SMILES string of the molecule is O=C(Nc1cnccc1-c1ccccc1)c1ccnc(NCC2CC2)n1. The zero-order valence-corrected chi connectivity index (χ0v) is 14.2. The summed E-state index contributed by atoms with van der Waals surface area (Å²) in [6.45, 7) is 0.853. The van der Waals surface area contributed by atoms with E-state index >= 15 is 0 Å². The first-order valence-corrected chi connectivity index (χ1v) is 8.67. The van der Waals surface area contributed by atoms with Gasteiger partial charge in [0.2, 0.25) is 5.95 Å². The van der Waals surface area contributed by atoms with Crippen LogP contribution in [0.1, 0.15) is 23.3 Å². The number of amides is 1. The van der Waals surface area contributed by atoms with Gasteiger partial charge in [-0.2, -0.15) is 0 Å². The fourth-order valence-electron chi connectivity index (χ4n) is 2.68. The molecule has 6 nitrogen and oxygen atoms in total. The highest BCUT2D eigenvalue weighted by molar-refractivity contribution is 6.05. The van der Waals surface area contributed by atoms with Crippen LogP contribution in [0.3, 0.4) is 0 Å². The van der Waals surface area contributed by atoms with Gasteiger partial charge >= 0.3 is 0 Å². The topological polar surface area (TPSA) is 79.8 Å². The van der Waals surface area contributed by atoms with Gasteiger partial charge in [0.1, 0.15) is 5.69 Å². The first-order chi connectivity index (χ1) is 12.8. The van der Waals surface area contributed by atoms with Crippen molar-refractivity contribution in [3.8, 4) is 11.1 Å². The van der Waals surface area contributed by atoms with E-state index in [1.807, 2.05) is 36.4 Å². The van der Waals surface area contributed by atoms with Gasteiger partial charge in [-0.15, -0.1) is 0 Å². The highest BCUT2D eigenvalue weighted by Crippen LogP contribution is 2.29. The van der Waals surface area contributed by atoms with Gasteiger partial charge in [0.15, 0.2) is 0 Å². The molecule has 1 aromatic carbocycles. The predicted octanol–water partition coefficient (Wildman–Crippen LogP) is 3.61. The number of hydrogen-bond acceptors (Lipinski definition) is 5. The molecule has 0 atom stereocenters. The molecule has 1 fully saturated rings. The molecule has 3 aromatic rings. The van der Waals surface area contributed by atoms with Crippen molar-refractivity contribution in [2.45, 2.75) is 12.8 Å². The highest BCUT2D eigenvalue weighted by Gasteiger charge is 2.21. The molecular weight excluding hydrogens is 326 g/mol. The predicted molar refractivity (Wildman–Crippen MR) is 101 cm³/mol. The summed E-state index contributed by atoms with van der Waals surface area (Å²) in [5.41, 5.74) is 2.89. The molecular formula is C20H19N5O. The van der Waals surface area contributed by atoms with Crippen LogP contribution in [-0.4, -0.2) is 27.4 Å². The zero-order valence-electron chi connectivity index (χ0n) is 14.2. The van der Waals surface area contributed by atoms with E-state index in [-0.39, 0.29) is 5.91 Å². The summed E-state index contributed by atoms with van der Waals surface area (Å²) in [7, 11) is 0. The number of carbonyl (C=O) groups excluding carboxylic acids is 1. The lowest BCUT2D eigenvalue weighted by Crippen LogP contribution is -2.16. The Morgan fingerprint density at radius 3 is 2.73 bits per heavy atom. The van der Waals surface area contributed by atoms with Crippen LogP contribution in [0.15, 0.2) is 61.1 Å². The maximum Gasteiger partial charge on any atom is 0.274 e. The first-order valence-electron chi connectivity index (χ1n) is 8.67. The molecule has 1 aliphatic carbocycles. The van der Waals surface area contributed by atoms with Crippen LogP contribution in [-0.2, 0) is 0 Å². The Balaban J connectivity index is 1.52. The van der Waals surface area contributed by atoms with Crippen LogP contribution in [0.25, 0.3) is 11.1 Å². The Labute approximate surface area is 151 Å². The van der Waals surface area contributed by atoms with E-state index in [1.54, 1.807) is 24.7 Å². The Bertz CT molecular complexity index is 909. The molecule has 0 aliphatic heterocycles. The molecule has 2 N–H and O–H groups in total. The lowest BCUT2D eigenvalue weighted by molar-refractivity contribution is 0.102. The third-order valence-electron chi connectivity index (χ3n) is 4.29. The van der Waals surface area contributed by atoms with E-state index in [4.69, 9.17) is 0 Å². The Morgan fingerprint density at radius 1 is 1.08 bits per heavy atom. The van der Waals surface area contributed by atoms with Crippen molar-refractivity contribution in [1.29, 1.82) is 0 Å². The van der Waals surface area contributed by atoms with Gasteiger partial charge in [-0.05, 0) is 36.5 Å². The van der Waals surface area contributed by atoms with E-state index < -0.39 is 0 Å². The summed E-state index contributed by atoms with van der Waals surface area (Å²) in [5.74, 6) is 0.908. The lowest BCUT2D eigenvalue weighted by atomic mass is 10.1. The molecule has 26 heavy (non-hydrogen) atoms. The van der Waals surface area contributed by atoms with Crippen molar-refractivity contribution in [3.63, 3.8) is 0 Å². The van der Waals surface area contributed by atoms with Crippen LogP contribution >= 0.6 is 0 Å². The minimum absolute atomic E-state index is 0.285. The van der Waals surface area contributed by atoms with Crippen molar-refractivity contribution in [2.75, 3.05) is 17.2 Å². The molecule has 1 aliphatic rings. The number of aromatic nitrogens is 3. The number of benzene rings is 1. The summed E-state index contributed by atoms with van der Waals surface area (Å²) >= 11 is 0. The van der Waals surface area contributed by atoms with Crippen molar-refractivity contribution >= 4 is 17.5 Å². The summed E-state index contributed by atoms with van der Waals surface area (Å²) in [4.78, 5) is 25.3. The van der Waals surface area contributed by atoms with Gasteiger partial charge in [-0.1, -0.05) is 30.3 Å². The first kappa shape index (κ1) is 16.2. The van der Waals surface area contributed by atoms with E-state index in [0.717, 1.165) is 17.7 Å². The average molecular weight is 345 g/mol. The van der Waals surface area contributed by atoms with Crippen molar-refractivity contribution < 1.29 is 4.79 Å². The number of nitrogens with zero attached hydrogens (tertiary/aromatic N) is 3. The number of nitrogens with one attached hydrogen (secondary N) is 2. The number of carbonyl (C=O) groups is 1. The quantitative estimate of drug-likeness (QED) is 0.713. The third kappa shape index (κ3) is 3.85. The Kier molecular flexibility index (Phi) is 4.55. The maximum atomic E-state index is 12.6. The van der Waals surface area contributed by atoms with Crippen molar-refractivity contribution in [1.82, 2.24) is 15.0 Å². The molecule has 1 saturated carbocycles. The Morgan fingerprint density at radius 2 is 1.92 bits per heavy atom. The summed E-state index contributed by atoms with van der Waals surface area (Å²) in [6.07, 6.45) is 7.45. The lowest BCUT2D eigenvalue weighted by Gasteiger charge is -2.11. The molecule has 0 spiro atoms. The maximum absolute atomic E-state index is 12.6. The minimum Gasteiger partial charge on any atom is -0.354 e. The monoisotopic (exact) mass is 345 g/mol. The van der Waals surface area contributed by atoms with Gasteiger partial charge in [-0.25, -0.2) is 9.97 Å². The summed E-state index contributed by atoms with van der Waals surface area (Å²) in [5, 5.41) is 6.10. The number of pyridine rings is 1. The van der Waals surface area contributed by atoms with Gasteiger partial charge in [0.05, 0.1) is 11.9 Å². The van der Waals surface area contributed by atoms with Gasteiger partial charge in [-0.3, -0.25) is 9.78 Å². The fourth-order valence-corrected chi connectivity index (χ4v) is 2.68. The number of hydrogen-bond donors (Lipinski definition) is 2. The van der Waals surface area contributed by atoms with Crippen LogP contribution in [0.2, 0.25) is 0 Å².